The second-order valence-electron chi connectivity index (χ2n) is 8.76. The van der Waals surface area contributed by atoms with Gasteiger partial charge in [0.25, 0.3) is 23.4 Å². The van der Waals surface area contributed by atoms with Crippen molar-refractivity contribution in [2.45, 2.75) is 22.6 Å². The van der Waals surface area contributed by atoms with Crippen LogP contribution < -0.4 is 0 Å². The van der Waals surface area contributed by atoms with E-state index in [4.69, 9.17) is 11.6 Å². The molecule has 1 aliphatic heterocycles. The molecule has 2 aliphatic carbocycles. The minimum atomic E-state index is -0.790. The molecular weight excluding hydrogens is 594 g/mol. The van der Waals surface area contributed by atoms with Crippen molar-refractivity contribution in [3.8, 4) is 0 Å². The van der Waals surface area contributed by atoms with E-state index in [2.05, 4.69) is 31.9 Å². The fraction of sp³-hybridized carbons (Fsp3) is 0.348. The van der Waals surface area contributed by atoms with Gasteiger partial charge in [-0.05, 0) is 42.0 Å². The molecule has 0 unspecified atom stereocenters. The second kappa shape index (κ2) is 8.73. The first kappa shape index (κ1) is 23.4. The van der Waals surface area contributed by atoms with Gasteiger partial charge in [0.1, 0.15) is 5.56 Å². The van der Waals surface area contributed by atoms with Gasteiger partial charge in [0.2, 0.25) is 0 Å². The molecule has 3 amide bonds. The molecule has 8 nitrogen and oxygen atoms in total. The maximum atomic E-state index is 13.7. The molecule has 0 N–H and O–H groups in total. The van der Waals surface area contributed by atoms with Crippen LogP contribution in [0.5, 0.6) is 0 Å². The second-order valence-corrected chi connectivity index (χ2v) is 11.3. The number of alkyl halides is 2. The van der Waals surface area contributed by atoms with Crippen LogP contribution in [0.2, 0.25) is 5.02 Å². The number of para-hydroxylation sites is 1. The fourth-order valence-electron chi connectivity index (χ4n) is 5.52. The van der Waals surface area contributed by atoms with Crippen LogP contribution in [0.15, 0.2) is 48.5 Å². The number of hydrogen-bond donors (Lipinski definition) is 0. The zero-order chi connectivity index (χ0) is 24.3. The summed E-state index contributed by atoms with van der Waals surface area (Å²) >= 11 is 13.3. The monoisotopic (exact) mass is 609 g/mol. The van der Waals surface area contributed by atoms with Gasteiger partial charge in [-0.15, -0.1) is 0 Å². The highest BCUT2D eigenvalue weighted by Gasteiger charge is 2.67. The Morgan fingerprint density at radius 1 is 1.03 bits per heavy atom. The van der Waals surface area contributed by atoms with E-state index in [-0.39, 0.29) is 33.6 Å². The molecule has 34 heavy (non-hydrogen) atoms. The van der Waals surface area contributed by atoms with Crippen molar-refractivity contribution >= 4 is 66.9 Å². The topological polar surface area (TPSA) is 101 Å². The van der Waals surface area contributed by atoms with Crippen LogP contribution in [0.4, 0.5) is 5.69 Å². The molecule has 2 aromatic rings. The third-order valence-corrected chi connectivity index (χ3v) is 10.5. The summed E-state index contributed by atoms with van der Waals surface area (Å²) in [4.78, 5) is 51.9. The zero-order valence-electron chi connectivity index (χ0n) is 17.5. The van der Waals surface area contributed by atoms with Crippen LogP contribution in [-0.2, 0) is 16.1 Å². The molecule has 1 heterocycles. The van der Waals surface area contributed by atoms with E-state index in [9.17, 15) is 24.5 Å². The molecule has 2 saturated carbocycles. The molecule has 3 fully saturated rings. The average molecular weight is 612 g/mol. The molecule has 1 saturated heterocycles. The summed E-state index contributed by atoms with van der Waals surface area (Å²) < 4.78 is 0. The van der Waals surface area contributed by atoms with Crippen molar-refractivity contribution < 1.29 is 19.3 Å². The molecule has 0 radical (unpaired) electrons. The Labute approximate surface area is 216 Å². The molecule has 2 bridgehead atoms. The lowest BCUT2D eigenvalue weighted by Gasteiger charge is -2.31. The summed E-state index contributed by atoms with van der Waals surface area (Å²) in [5.74, 6) is -2.77. The summed E-state index contributed by atoms with van der Waals surface area (Å²) in [7, 11) is 0. The Bertz CT molecular complexity index is 1180. The Morgan fingerprint density at radius 3 is 2.15 bits per heavy atom. The minimum absolute atomic E-state index is 0.0284. The number of carbonyl (C=O) groups excluding carboxylic acids is 3. The summed E-state index contributed by atoms with van der Waals surface area (Å²) in [5.41, 5.74) is 0.0292. The number of nitro groups is 1. The zero-order valence-corrected chi connectivity index (χ0v) is 21.4. The lowest BCUT2D eigenvalue weighted by Crippen LogP contribution is -2.50. The molecule has 11 heteroatoms. The van der Waals surface area contributed by atoms with E-state index in [0.717, 1.165) is 16.4 Å². The van der Waals surface area contributed by atoms with E-state index in [1.165, 1.54) is 24.3 Å². The van der Waals surface area contributed by atoms with Gasteiger partial charge >= 0.3 is 0 Å². The summed E-state index contributed by atoms with van der Waals surface area (Å²) in [5, 5.41) is 14.0. The van der Waals surface area contributed by atoms with Crippen LogP contribution in [0.3, 0.4) is 0 Å². The Balaban J connectivity index is 1.56. The summed E-state index contributed by atoms with van der Waals surface area (Å²) in [6.45, 7) is -0.121. The third kappa shape index (κ3) is 3.58. The quantitative estimate of drug-likeness (QED) is 0.213. The van der Waals surface area contributed by atoms with Crippen molar-refractivity contribution in [1.82, 2.24) is 10.0 Å². The van der Waals surface area contributed by atoms with E-state index in [0.29, 0.717) is 10.6 Å². The van der Waals surface area contributed by atoms with Gasteiger partial charge in [-0.3, -0.25) is 24.5 Å². The number of rotatable bonds is 5. The van der Waals surface area contributed by atoms with E-state index in [1.807, 2.05) is 0 Å². The first-order valence-corrected chi connectivity index (χ1v) is 12.9. The summed E-state index contributed by atoms with van der Waals surface area (Å²) in [6.07, 6.45) is 0.752. The molecule has 176 valence electrons. The maximum Gasteiger partial charge on any atom is 0.282 e. The molecule has 0 spiro atoms. The third-order valence-electron chi connectivity index (χ3n) is 7.02. The first-order valence-electron chi connectivity index (χ1n) is 10.7. The molecule has 0 aromatic heterocycles. The molecular formula is C23H18Br2ClN3O5. The highest BCUT2D eigenvalue weighted by Crippen LogP contribution is 2.60. The molecule has 6 atom stereocenters. The summed E-state index contributed by atoms with van der Waals surface area (Å²) in [6, 6.07) is 12.2. The number of hydrazine groups is 1. The van der Waals surface area contributed by atoms with Crippen molar-refractivity contribution in [2.75, 3.05) is 0 Å². The highest BCUT2D eigenvalue weighted by atomic mass is 79.9. The first-order chi connectivity index (χ1) is 16.2. The number of nitrogens with zero attached hydrogens (tertiary/aromatic N) is 3. The highest BCUT2D eigenvalue weighted by molar-refractivity contribution is 9.12. The Morgan fingerprint density at radius 2 is 1.59 bits per heavy atom. The van der Waals surface area contributed by atoms with Crippen molar-refractivity contribution in [1.29, 1.82) is 0 Å². The van der Waals surface area contributed by atoms with Gasteiger partial charge in [-0.2, -0.15) is 5.01 Å². The van der Waals surface area contributed by atoms with Gasteiger partial charge in [-0.25, -0.2) is 5.01 Å². The number of fused-ring (bicyclic) bond motifs is 5. The van der Waals surface area contributed by atoms with Crippen molar-refractivity contribution in [3.63, 3.8) is 0 Å². The standard InChI is InChI=1S/C23H18Br2ClN3O5/c24-19-14-9-15(20(19)25)18-17(14)22(31)28(23(18)32)27(10-11-5-7-12(26)8-6-11)21(30)13-3-1-2-4-16(13)29(33)34/h1-8,14-15,17-20H,9-10H2/t14-,15-,17-,18-,19+,20+/m1/s1. The number of nitro benzene ring substituents is 1. The smallest absolute Gasteiger partial charge is 0.272 e. The molecule has 5 rings (SSSR count). The predicted molar refractivity (Wildman–Crippen MR) is 130 cm³/mol. The number of amides is 3. The van der Waals surface area contributed by atoms with Gasteiger partial charge in [0, 0.05) is 20.7 Å². The average Bonchev–Trinajstić information content (AvgIpc) is 3.43. The largest absolute Gasteiger partial charge is 0.282 e. The predicted octanol–water partition coefficient (Wildman–Crippen LogP) is 4.58. The van der Waals surface area contributed by atoms with Gasteiger partial charge in [0.15, 0.2) is 0 Å². The Kier molecular flexibility index (Phi) is 6.02. The van der Waals surface area contributed by atoms with E-state index < -0.39 is 40.2 Å². The van der Waals surface area contributed by atoms with Gasteiger partial charge in [0.05, 0.1) is 23.3 Å². The number of benzene rings is 2. The van der Waals surface area contributed by atoms with Crippen LogP contribution in [0, 0.1) is 33.8 Å². The maximum absolute atomic E-state index is 13.7. The molecule has 2 aromatic carbocycles. The van der Waals surface area contributed by atoms with Gasteiger partial charge in [-0.1, -0.05) is 67.7 Å². The lowest BCUT2D eigenvalue weighted by molar-refractivity contribution is -0.385. The van der Waals surface area contributed by atoms with Gasteiger partial charge < -0.3 is 0 Å². The number of hydrogen-bond acceptors (Lipinski definition) is 5. The minimum Gasteiger partial charge on any atom is -0.272 e. The number of carbonyl (C=O) groups is 3. The van der Waals surface area contributed by atoms with Crippen LogP contribution in [-0.4, -0.2) is 42.3 Å². The van der Waals surface area contributed by atoms with Crippen LogP contribution in [0.1, 0.15) is 22.3 Å². The van der Waals surface area contributed by atoms with Crippen molar-refractivity contribution in [3.05, 3.63) is 74.8 Å². The Hall–Kier alpha value is -2.30. The van der Waals surface area contributed by atoms with Crippen molar-refractivity contribution in [2.24, 2.45) is 23.7 Å². The molecule has 3 aliphatic rings. The number of imide groups is 1. The fourth-order valence-corrected chi connectivity index (χ4v) is 7.52. The van der Waals surface area contributed by atoms with E-state index in [1.54, 1.807) is 24.3 Å². The number of halogens is 3. The van der Waals surface area contributed by atoms with Crippen LogP contribution in [0.25, 0.3) is 0 Å². The normalized spacial score (nSPS) is 29.4. The van der Waals surface area contributed by atoms with E-state index >= 15 is 0 Å². The van der Waals surface area contributed by atoms with Crippen LogP contribution >= 0.6 is 43.5 Å². The SMILES string of the molecule is O=C(c1ccccc1[N+](=O)[O-])N(Cc1ccc(Cl)cc1)N1C(=O)[C@@H]2[C@H]3C[C@@H]([C@H](Br)[C@H]3Br)[C@H]2C1=O. The lowest BCUT2D eigenvalue weighted by atomic mass is 9.81.